The smallest absolute Gasteiger partial charge is 0.106 e. The average molecular weight is 125 g/mol. The third-order valence-corrected chi connectivity index (χ3v) is 1.19. The van der Waals surface area contributed by atoms with Gasteiger partial charge in [-0.1, -0.05) is 6.08 Å². The Labute approximate surface area is 55.0 Å². The molecule has 9 heavy (non-hydrogen) atoms. The molecular weight excluding hydrogens is 114 g/mol. The molecule has 1 aliphatic heterocycles. The lowest BCUT2D eigenvalue weighted by Gasteiger charge is -2.11. The molecule has 1 aliphatic rings. The zero-order valence-electron chi connectivity index (χ0n) is 5.50. The molecule has 0 saturated carbocycles. The summed E-state index contributed by atoms with van der Waals surface area (Å²) in [7, 11) is 0. The number of hydrogen-bond donors (Lipinski definition) is 1. The van der Waals surface area contributed by atoms with E-state index >= 15 is 0 Å². The van der Waals surface area contributed by atoms with Crippen LogP contribution in [0.1, 0.15) is 6.92 Å². The molecule has 0 aromatic carbocycles. The van der Waals surface area contributed by atoms with Crippen molar-refractivity contribution in [2.75, 3.05) is 6.61 Å². The largest absolute Gasteiger partial charge is 0.497 e. The molecule has 1 atom stereocenters. The first-order valence-electron chi connectivity index (χ1n) is 2.97. The lowest BCUT2D eigenvalue weighted by molar-refractivity contribution is 0.290. The van der Waals surface area contributed by atoms with Crippen molar-refractivity contribution in [3.8, 4) is 0 Å². The van der Waals surface area contributed by atoms with E-state index < -0.39 is 0 Å². The Morgan fingerprint density at radius 2 is 2.33 bits per heavy atom. The molecule has 0 saturated heterocycles. The maximum absolute atomic E-state index is 5.72. The first-order chi connectivity index (χ1) is 4.21. The van der Waals surface area contributed by atoms with Gasteiger partial charge < -0.3 is 10.5 Å². The van der Waals surface area contributed by atoms with E-state index in [0.29, 0.717) is 6.61 Å². The standard InChI is InChI=1S/C7H11NO/c1-7(8)3-2-5-9-6-4-7/h2-4,6H,5,8H2,1H3. The number of ether oxygens (including phenoxy) is 1. The number of nitrogens with two attached hydrogens (primary N) is 1. The molecule has 1 unspecified atom stereocenters. The van der Waals surface area contributed by atoms with Crippen LogP contribution in [0.25, 0.3) is 0 Å². The number of hydrogen-bond acceptors (Lipinski definition) is 2. The van der Waals surface area contributed by atoms with Crippen molar-refractivity contribution in [3.63, 3.8) is 0 Å². The normalized spacial score (nSPS) is 33.6. The third-order valence-electron chi connectivity index (χ3n) is 1.19. The van der Waals surface area contributed by atoms with Crippen LogP contribution in [-0.4, -0.2) is 12.1 Å². The first kappa shape index (κ1) is 6.36. The van der Waals surface area contributed by atoms with Crippen molar-refractivity contribution in [2.45, 2.75) is 12.5 Å². The Morgan fingerprint density at radius 3 is 3.11 bits per heavy atom. The Balaban J connectivity index is 2.70. The van der Waals surface area contributed by atoms with Crippen LogP contribution in [0.4, 0.5) is 0 Å². The maximum atomic E-state index is 5.72. The molecular formula is C7H11NO. The molecule has 2 heteroatoms. The number of rotatable bonds is 0. The highest BCUT2D eigenvalue weighted by Gasteiger charge is 2.09. The van der Waals surface area contributed by atoms with Crippen molar-refractivity contribution in [1.29, 1.82) is 0 Å². The van der Waals surface area contributed by atoms with Crippen LogP contribution >= 0.6 is 0 Å². The average Bonchev–Trinajstić information content (AvgIpc) is 1.92. The highest BCUT2D eigenvalue weighted by molar-refractivity contribution is 5.15. The van der Waals surface area contributed by atoms with Crippen molar-refractivity contribution >= 4 is 0 Å². The van der Waals surface area contributed by atoms with Crippen LogP contribution in [-0.2, 0) is 4.74 Å². The summed E-state index contributed by atoms with van der Waals surface area (Å²) in [5.74, 6) is 0. The monoisotopic (exact) mass is 125 g/mol. The summed E-state index contributed by atoms with van der Waals surface area (Å²) in [4.78, 5) is 0. The van der Waals surface area contributed by atoms with E-state index in [9.17, 15) is 0 Å². The minimum absolute atomic E-state index is 0.323. The molecule has 0 aliphatic carbocycles. The van der Waals surface area contributed by atoms with Gasteiger partial charge in [0.05, 0.1) is 11.8 Å². The van der Waals surface area contributed by atoms with Crippen LogP contribution in [0.15, 0.2) is 24.5 Å². The first-order valence-corrected chi connectivity index (χ1v) is 2.97. The predicted octanol–water partition coefficient (Wildman–Crippen LogP) is 0.804. The fourth-order valence-corrected chi connectivity index (χ4v) is 0.663. The minimum atomic E-state index is -0.323. The van der Waals surface area contributed by atoms with E-state index in [1.165, 1.54) is 0 Å². The Bertz CT molecular complexity index is 131. The SMILES string of the molecule is CC1(N)C=CCOC=C1. The van der Waals surface area contributed by atoms with Gasteiger partial charge in [-0.25, -0.2) is 0 Å². The summed E-state index contributed by atoms with van der Waals surface area (Å²) in [6, 6.07) is 0. The second-order valence-corrected chi connectivity index (χ2v) is 2.40. The Hall–Kier alpha value is -0.760. The molecule has 2 nitrogen and oxygen atoms in total. The quantitative estimate of drug-likeness (QED) is 0.486. The van der Waals surface area contributed by atoms with E-state index in [1.807, 2.05) is 25.2 Å². The summed E-state index contributed by atoms with van der Waals surface area (Å²) < 4.78 is 4.98. The lowest BCUT2D eigenvalue weighted by Crippen LogP contribution is -2.30. The topological polar surface area (TPSA) is 35.2 Å². The minimum Gasteiger partial charge on any atom is -0.497 e. The molecule has 0 fully saturated rings. The van der Waals surface area contributed by atoms with Crippen molar-refractivity contribution in [3.05, 3.63) is 24.5 Å². The molecule has 0 aromatic rings. The van der Waals surface area contributed by atoms with E-state index in [4.69, 9.17) is 10.5 Å². The van der Waals surface area contributed by atoms with Gasteiger partial charge in [-0.2, -0.15) is 0 Å². The van der Waals surface area contributed by atoms with E-state index in [1.54, 1.807) is 6.26 Å². The van der Waals surface area contributed by atoms with Crippen molar-refractivity contribution in [1.82, 2.24) is 0 Å². The molecule has 0 aromatic heterocycles. The van der Waals surface area contributed by atoms with Crippen LogP contribution in [0, 0.1) is 0 Å². The summed E-state index contributed by atoms with van der Waals surface area (Å²) in [6.45, 7) is 2.55. The van der Waals surface area contributed by atoms with Gasteiger partial charge in [0.2, 0.25) is 0 Å². The summed E-state index contributed by atoms with van der Waals surface area (Å²) in [5.41, 5.74) is 5.40. The molecule has 1 rings (SSSR count). The lowest BCUT2D eigenvalue weighted by atomic mass is 10.0. The van der Waals surface area contributed by atoms with E-state index in [-0.39, 0.29) is 5.54 Å². The van der Waals surface area contributed by atoms with Crippen molar-refractivity contribution in [2.24, 2.45) is 5.73 Å². The second kappa shape index (κ2) is 2.23. The van der Waals surface area contributed by atoms with Gasteiger partial charge in [0.15, 0.2) is 0 Å². The Morgan fingerprint density at radius 1 is 1.56 bits per heavy atom. The Kier molecular flexibility index (Phi) is 1.58. The summed E-state index contributed by atoms with van der Waals surface area (Å²) in [6.07, 6.45) is 7.31. The van der Waals surface area contributed by atoms with Gasteiger partial charge in [0, 0.05) is 0 Å². The van der Waals surface area contributed by atoms with Crippen LogP contribution < -0.4 is 5.73 Å². The zero-order valence-corrected chi connectivity index (χ0v) is 5.50. The summed E-state index contributed by atoms with van der Waals surface area (Å²) >= 11 is 0. The van der Waals surface area contributed by atoms with E-state index in [2.05, 4.69) is 0 Å². The highest BCUT2D eigenvalue weighted by Crippen LogP contribution is 2.06. The summed E-state index contributed by atoms with van der Waals surface area (Å²) in [5, 5.41) is 0. The molecule has 0 spiro atoms. The molecule has 2 N–H and O–H groups in total. The highest BCUT2D eigenvalue weighted by atomic mass is 16.5. The molecule has 0 radical (unpaired) electrons. The molecule has 0 amide bonds. The fourth-order valence-electron chi connectivity index (χ4n) is 0.663. The van der Waals surface area contributed by atoms with Crippen molar-refractivity contribution < 1.29 is 4.74 Å². The molecule has 0 bridgehead atoms. The van der Waals surface area contributed by atoms with Crippen LogP contribution in [0.3, 0.4) is 0 Å². The van der Waals surface area contributed by atoms with E-state index in [0.717, 1.165) is 0 Å². The van der Waals surface area contributed by atoms with Gasteiger partial charge in [0.25, 0.3) is 0 Å². The third kappa shape index (κ3) is 1.90. The van der Waals surface area contributed by atoms with Gasteiger partial charge in [-0.15, -0.1) is 0 Å². The van der Waals surface area contributed by atoms with Gasteiger partial charge in [0.1, 0.15) is 6.61 Å². The second-order valence-electron chi connectivity index (χ2n) is 2.40. The predicted molar refractivity (Wildman–Crippen MR) is 36.8 cm³/mol. The molecule has 1 heterocycles. The molecule has 50 valence electrons. The van der Waals surface area contributed by atoms with Crippen LogP contribution in [0.5, 0.6) is 0 Å². The fraction of sp³-hybridized carbons (Fsp3) is 0.429. The van der Waals surface area contributed by atoms with Gasteiger partial charge in [-0.05, 0) is 19.1 Å². The van der Waals surface area contributed by atoms with Crippen LogP contribution in [0.2, 0.25) is 0 Å². The maximum Gasteiger partial charge on any atom is 0.106 e. The zero-order chi connectivity index (χ0) is 6.74. The van der Waals surface area contributed by atoms with Gasteiger partial charge in [-0.3, -0.25) is 0 Å². The van der Waals surface area contributed by atoms with Gasteiger partial charge >= 0.3 is 0 Å².